The Bertz CT molecular complexity index is 867. The van der Waals surface area contributed by atoms with Crippen molar-refractivity contribution >= 4 is 57.3 Å². The van der Waals surface area contributed by atoms with Crippen molar-refractivity contribution in [2.45, 2.75) is 0 Å². The summed E-state index contributed by atoms with van der Waals surface area (Å²) in [5, 5.41) is 1.44. The second kappa shape index (κ2) is 5.58. The first-order valence-corrected chi connectivity index (χ1v) is 7.25. The standard InChI is InChI=1S/C14H5Cl4FN2/c15-6-1-2-7(9(17)5-6)14-20-12-10(19)4-3-8(16)11(12)13(18)21-14/h1-5H. The summed E-state index contributed by atoms with van der Waals surface area (Å²) in [5.74, 6) is -0.333. The maximum absolute atomic E-state index is 13.9. The molecule has 0 unspecified atom stereocenters. The molecule has 0 fully saturated rings. The fraction of sp³-hybridized carbons (Fsp3) is 0. The van der Waals surface area contributed by atoms with E-state index in [0.717, 1.165) is 0 Å². The highest BCUT2D eigenvalue weighted by Crippen LogP contribution is 2.34. The van der Waals surface area contributed by atoms with Crippen molar-refractivity contribution in [1.29, 1.82) is 0 Å². The van der Waals surface area contributed by atoms with Crippen molar-refractivity contribution in [3.05, 3.63) is 56.4 Å². The van der Waals surface area contributed by atoms with E-state index >= 15 is 0 Å². The van der Waals surface area contributed by atoms with Gasteiger partial charge in [0.15, 0.2) is 5.82 Å². The molecule has 0 spiro atoms. The maximum Gasteiger partial charge on any atom is 0.163 e. The van der Waals surface area contributed by atoms with Gasteiger partial charge in [0, 0.05) is 10.6 Å². The molecule has 7 heteroatoms. The van der Waals surface area contributed by atoms with Crippen molar-refractivity contribution in [2.75, 3.05) is 0 Å². The summed E-state index contributed by atoms with van der Waals surface area (Å²) in [6.45, 7) is 0. The summed E-state index contributed by atoms with van der Waals surface area (Å²) in [6.07, 6.45) is 0. The van der Waals surface area contributed by atoms with Crippen LogP contribution >= 0.6 is 46.4 Å². The Morgan fingerprint density at radius 3 is 2.33 bits per heavy atom. The quantitative estimate of drug-likeness (QED) is 0.493. The number of hydrogen-bond donors (Lipinski definition) is 0. The van der Waals surface area contributed by atoms with Gasteiger partial charge < -0.3 is 0 Å². The first kappa shape index (κ1) is 14.8. The zero-order valence-electron chi connectivity index (χ0n) is 10.2. The number of nitrogens with zero attached hydrogens (tertiary/aromatic N) is 2. The minimum atomic E-state index is -0.537. The second-order valence-electron chi connectivity index (χ2n) is 4.22. The van der Waals surface area contributed by atoms with Crippen molar-refractivity contribution in [1.82, 2.24) is 9.97 Å². The van der Waals surface area contributed by atoms with Crippen LogP contribution in [-0.2, 0) is 0 Å². The van der Waals surface area contributed by atoms with Gasteiger partial charge in [0.25, 0.3) is 0 Å². The summed E-state index contributed by atoms with van der Waals surface area (Å²) >= 11 is 24.1. The molecule has 0 saturated heterocycles. The Morgan fingerprint density at radius 2 is 1.62 bits per heavy atom. The number of halogens is 5. The van der Waals surface area contributed by atoms with Crippen LogP contribution in [0.25, 0.3) is 22.3 Å². The Morgan fingerprint density at radius 1 is 0.857 bits per heavy atom. The lowest BCUT2D eigenvalue weighted by molar-refractivity contribution is 0.636. The van der Waals surface area contributed by atoms with E-state index in [1.807, 2.05) is 0 Å². The molecular weight excluding hydrogens is 357 g/mol. The minimum Gasteiger partial charge on any atom is -0.225 e. The molecule has 1 heterocycles. The lowest BCUT2D eigenvalue weighted by Crippen LogP contribution is -1.95. The van der Waals surface area contributed by atoms with Gasteiger partial charge in [0.1, 0.15) is 16.5 Å². The van der Waals surface area contributed by atoms with Gasteiger partial charge in [0.2, 0.25) is 0 Å². The molecule has 0 bridgehead atoms. The molecular formula is C14H5Cl4FN2. The lowest BCUT2D eigenvalue weighted by atomic mass is 10.2. The van der Waals surface area contributed by atoms with Crippen LogP contribution in [0.15, 0.2) is 30.3 Å². The number of rotatable bonds is 1. The molecule has 3 aromatic rings. The number of hydrogen-bond acceptors (Lipinski definition) is 2. The van der Waals surface area contributed by atoms with Crippen molar-refractivity contribution in [2.24, 2.45) is 0 Å². The van der Waals surface area contributed by atoms with E-state index in [1.54, 1.807) is 18.2 Å². The highest BCUT2D eigenvalue weighted by molar-refractivity contribution is 6.41. The summed E-state index contributed by atoms with van der Waals surface area (Å²) in [4.78, 5) is 8.31. The van der Waals surface area contributed by atoms with Gasteiger partial charge in [-0.2, -0.15) is 0 Å². The molecule has 0 aliphatic heterocycles. The Balaban J connectivity index is 2.33. The molecule has 2 nitrogen and oxygen atoms in total. The maximum atomic E-state index is 13.9. The van der Waals surface area contributed by atoms with E-state index < -0.39 is 5.82 Å². The van der Waals surface area contributed by atoms with E-state index in [-0.39, 0.29) is 26.9 Å². The molecule has 21 heavy (non-hydrogen) atoms. The number of benzene rings is 2. The summed E-state index contributed by atoms with van der Waals surface area (Å²) in [6, 6.07) is 7.46. The SMILES string of the molecule is Fc1ccc(Cl)c2c(Cl)nc(-c3ccc(Cl)cc3Cl)nc12. The first-order valence-electron chi connectivity index (χ1n) is 5.74. The number of fused-ring (bicyclic) bond motifs is 1. The molecule has 0 N–H and O–H groups in total. The van der Waals surface area contributed by atoms with E-state index in [1.165, 1.54) is 12.1 Å². The Hall–Kier alpha value is -1.13. The molecule has 0 aliphatic carbocycles. The van der Waals surface area contributed by atoms with Gasteiger partial charge >= 0.3 is 0 Å². The fourth-order valence-electron chi connectivity index (χ4n) is 1.92. The smallest absolute Gasteiger partial charge is 0.163 e. The van der Waals surface area contributed by atoms with Crippen LogP contribution < -0.4 is 0 Å². The summed E-state index contributed by atoms with van der Waals surface area (Å²) in [5.41, 5.74) is 0.549. The average Bonchev–Trinajstić information content (AvgIpc) is 2.42. The van der Waals surface area contributed by atoms with Crippen LogP contribution in [-0.4, -0.2) is 9.97 Å². The van der Waals surface area contributed by atoms with Crippen LogP contribution in [0.3, 0.4) is 0 Å². The molecule has 1 aromatic heterocycles. The summed E-state index contributed by atoms with van der Waals surface area (Å²) in [7, 11) is 0. The predicted molar refractivity (Wildman–Crippen MR) is 85.0 cm³/mol. The zero-order chi connectivity index (χ0) is 15.1. The monoisotopic (exact) mass is 360 g/mol. The van der Waals surface area contributed by atoms with Crippen molar-refractivity contribution < 1.29 is 4.39 Å². The minimum absolute atomic E-state index is 0.0449. The van der Waals surface area contributed by atoms with E-state index in [9.17, 15) is 4.39 Å². The third-order valence-corrected chi connectivity index (χ3v) is 4.01. The highest BCUT2D eigenvalue weighted by Gasteiger charge is 2.15. The van der Waals surface area contributed by atoms with E-state index in [0.29, 0.717) is 15.6 Å². The molecule has 0 aliphatic rings. The summed E-state index contributed by atoms with van der Waals surface area (Å²) < 4.78 is 13.9. The van der Waals surface area contributed by atoms with Crippen LogP contribution in [0.1, 0.15) is 0 Å². The topological polar surface area (TPSA) is 25.8 Å². The second-order valence-corrected chi connectivity index (χ2v) is 5.82. The van der Waals surface area contributed by atoms with Crippen molar-refractivity contribution in [3.8, 4) is 11.4 Å². The van der Waals surface area contributed by atoms with Crippen LogP contribution in [0.4, 0.5) is 4.39 Å². The third kappa shape index (κ3) is 2.67. The molecule has 0 amide bonds. The van der Waals surface area contributed by atoms with Crippen LogP contribution in [0.2, 0.25) is 20.2 Å². The zero-order valence-corrected chi connectivity index (χ0v) is 13.2. The highest BCUT2D eigenvalue weighted by atomic mass is 35.5. The molecule has 3 rings (SSSR count). The van der Waals surface area contributed by atoms with E-state index in [4.69, 9.17) is 46.4 Å². The van der Waals surface area contributed by atoms with Gasteiger partial charge in [0.05, 0.1) is 15.4 Å². The number of aromatic nitrogens is 2. The predicted octanol–water partition coefficient (Wildman–Crippen LogP) is 6.05. The Labute approximate surface area is 139 Å². The van der Waals surface area contributed by atoms with Gasteiger partial charge in [-0.3, -0.25) is 0 Å². The van der Waals surface area contributed by atoms with Gasteiger partial charge in [-0.1, -0.05) is 46.4 Å². The molecule has 2 aromatic carbocycles. The molecule has 0 atom stereocenters. The van der Waals surface area contributed by atoms with E-state index in [2.05, 4.69) is 9.97 Å². The van der Waals surface area contributed by atoms with Crippen LogP contribution in [0.5, 0.6) is 0 Å². The van der Waals surface area contributed by atoms with Gasteiger partial charge in [-0.05, 0) is 30.3 Å². The van der Waals surface area contributed by atoms with Gasteiger partial charge in [-0.15, -0.1) is 0 Å². The third-order valence-electron chi connectivity index (χ3n) is 2.88. The normalized spacial score (nSPS) is 11.1. The Kier molecular flexibility index (Phi) is 3.93. The fourth-order valence-corrected chi connectivity index (χ4v) is 2.97. The average molecular weight is 362 g/mol. The molecule has 0 radical (unpaired) electrons. The lowest BCUT2D eigenvalue weighted by Gasteiger charge is -2.08. The molecule has 0 saturated carbocycles. The largest absolute Gasteiger partial charge is 0.225 e. The van der Waals surface area contributed by atoms with Crippen LogP contribution in [0, 0.1) is 5.82 Å². The molecule has 106 valence electrons. The van der Waals surface area contributed by atoms with Crippen molar-refractivity contribution in [3.63, 3.8) is 0 Å². The first-order chi connectivity index (χ1) is 9.97. The van der Waals surface area contributed by atoms with Gasteiger partial charge in [-0.25, -0.2) is 14.4 Å².